The van der Waals surface area contributed by atoms with Gasteiger partial charge in [0.15, 0.2) is 0 Å². The van der Waals surface area contributed by atoms with Crippen molar-refractivity contribution < 1.29 is 14.6 Å². The van der Waals surface area contributed by atoms with Crippen LogP contribution in [-0.2, 0) is 9.53 Å². The van der Waals surface area contributed by atoms with E-state index in [4.69, 9.17) is 4.74 Å². The van der Waals surface area contributed by atoms with Crippen LogP contribution < -0.4 is 0 Å². The summed E-state index contributed by atoms with van der Waals surface area (Å²) in [7, 11) is 0. The third-order valence-corrected chi connectivity index (χ3v) is 5.46. The first-order valence-electron chi connectivity index (χ1n) is 9.66. The molecule has 0 amide bonds. The van der Waals surface area contributed by atoms with E-state index in [1.54, 1.807) is 0 Å². The van der Waals surface area contributed by atoms with Crippen LogP contribution in [0.1, 0.15) is 57.9 Å². The average molecular weight is 347 g/mol. The van der Waals surface area contributed by atoms with Gasteiger partial charge in [-0.15, -0.1) is 0 Å². The Kier molecular flexibility index (Phi) is 7.45. The zero-order valence-corrected chi connectivity index (χ0v) is 15.9. The summed E-state index contributed by atoms with van der Waals surface area (Å²) in [5, 5.41) is 11.3. The first-order valence-corrected chi connectivity index (χ1v) is 9.66. The highest BCUT2D eigenvalue weighted by molar-refractivity contribution is 5.80. The van der Waals surface area contributed by atoms with Gasteiger partial charge in [0.2, 0.25) is 0 Å². The molecule has 0 aromatic heterocycles. The van der Waals surface area contributed by atoms with Gasteiger partial charge in [0.1, 0.15) is 12.5 Å². The molecule has 0 unspecified atom stereocenters. The molecule has 0 aliphatic heterocycles. The summed E-state index contributed by atoms with van der Waals surface area (Å²) in [5.41, 5.74) is -0.155. The monoisotopic (exact) mass is 347 g/mol. The predicted octanol–water partition coefficient (Wildman–Crippen LogP) is 3.60. The van der Waals surface area contributed by atoms with Crippen molar-refractivity contribution in [2.24, 2.45) is 5.92 Å². The molecule has 0 spiro atoms. The number of carbonyl (C=O) groups is 1. The minimum absolute atomic E-state index is 0.296. The number of ether oxygens (including phenoxy) is 1. The standard InChI is InChI=1S/C21H33NO3/c1-4-22(5-2)14-15-25-20(23)19(18-11-7-6-8-12-18)21(24)13-9-10-17(3)16-21/h6-8,11-12,17,19,24H,4-5,9-10,13-16H2,1-3H3/t17-,19-,21+/m0/s1. The minimum Gasteiger partial charge on any atom is -0.464 e. The van der Waals surface area contributed by atoms with Gasteiger partial charge >= 0.3 is 5.97 Å². The molecule has 140 valence electrons. The Morgan fingerprint density at radius 3 is 2.60 bits per heavy atom. The Bertz CT molecular complexity index is 529. The summed E-state index contributed by atoms with van der Waals surface area (Å²) in [4.78, 5) is 15.1. The first kappa shape index (κ1) is 19.9. The fraction of sp³-hybridized carbons (Fsp3) is 0.667. The van der Waals surface area contributed by atoms with Gasteiger partial charge in [-0.05, 0) is 37.4 Å². The van der Waals surface area contributed by atoms with Crippen LogP contribution in [0.15, 0.2) is 30.3 Å². The molecule has 4 nitrogen and oxygen atoms in total. The molecule has 25 heavy (non-hydrogen) atoms. The highest BCUT2D eigenvalue weighted by Gasteiger charge is 2.45. The van der Waals surface area contributed by atoms with Gasteiger partial charge in [0.05, 0.1) is 5.60 Å². The van der Waals surface area contributed by atoms with E-state index in [-0.39, 0.29) is 5.97 Å². The number of rotatable bonds is 8. The summed E-state index contributed by atoms with van der Waals surface area (Å²) in [6, 6.07) is 9.61. The van der Waals surface area contributed by atoms with Gasteiger partial charge < -0.3 is 14.7 Å². The van der Waals surface area contributed by atoms with Crippen molar-refractivity contribution in [1.82, 2.24) is 4.90 Å². The van der Waals surface area contributed by atoms with Gasteiger partial charge in [0.25, 0.3) is 0 Å². The predicted molar refractivity (Wildman–Crippen MR) is 101 cm³/mol. The van der Waals surface area contributed by atoms with E-state index in [1.165, 1.54) is 0 Å². The van der Waals surface area contributed by atoms with E-state index < -0.39 is 11.5 Å². The lowest BCUT2D eigenvalue weighted by molar-refractivity contribution is -0.155. The van der Waals surface area contributed by atoms with Crippen molar-refractivity contribution in [2.45, 2.75) is 58.0 Å². The second-order valence-corrected chi connectivity index (χ2v) is 7.34. The summed E-state index contributed by atoms with van der Waals surface area (Å²) in [6.45, 7) is 9.34. The zero-order chi connectivity index (χ0) is 18.3. The number of likely N-dealkylation sites (N-methyl/N-ethyl adjacent to an activating group) is 1. The van der Waals surface area contributed by atoms with Crippen molar-refractivity contribution in [1.29, 1.82) is 0 Å². The maximum atomic E-state index is 12.9. The third kappa shape index (κ3) is 5.29. The van der Waals surface area contributed by atoms with Crippen LogP contribution in [0.4, 0.5) is 0 Å². The SMILES string of the molecule is CCN(CC)CCOC(=O)[C@H](c1ccccc1)[C@@]1(O)CCC[C@H](C)C1. The van der Waals surface area contributed by atoms with E-state index in [1.807, 2.05) is 30.3 Å². The molecule has 2 rings (SSSR count). The summed E-state index contributed by atoms with van der Waals surface area (Å²) < 4.78 is 5.61. The van der Waals surface area contributed by atoms with E-state index in [9.17, 15) is 9.90 Å². The number of aliphatic hydroxyl groups is 1. The second kappa shape index (κ2) is 9.35. The fourth-order valence-electron chi connectivity index (χ4n) is 4.04. The van der Waals surface area contributed by atoms with Crippen LogP contribution in [0.3, 0.4) is 0 Å². The molecule has 3 atom stereocenters. The quantitative estimate of drug-likeness (QED) is 0.730. The first-order chi connectivity index (χ1) is 12.0. The molecule has 1 aliphatic carbocycles. The van der Waals surface area contributed by atoms with Gasteiger partial charge in [0, 0.05) is 6.54 Å². The van der Waals surface area contributed by atoms with Crippen molar-refractivity contribution in [3.8, 4) is 0 Å². The topological polar surface area (TPSA) is 49.8 Å². The molecule has 1 aromatic rings. The van der Waals surface area contributed by atoms with Crippen molar-refractivity contribution in [3.63, 3.8) is 0 Å². The van der Waals surface area contributed by atoms with Crippen molar-refractivity contribution in [3.05, 3.63) is 35.9 Å². The lowest BCUT2D eigenvalue weighted by Gasteiger charge is -2.40. The second-order valence-electron chi connectivity index (χ2n) is 7.34. The van der Waals surface area contributed by atoms with Crippen LogP contribution in [0.2, 0.25) is 0 Å². The Morgan fingerprint density at radius 1 is 1.32 bits per heavy atom. The fourth-order valence-corrected chi connectivity index (χ4v) is 4.04. The number of nitrogens with zero attached hydrogens (tertiary/aromatic N) is 1. The molecule has 1 saturated carbocycles. The van der Waals surface area contributed by atoms with Crippen molar-refractivity contribution in [2.75, 3.05) is 26.2 Å². The van der Waals surface area contributed by atoms with Crippen LogP contribution in [0.5, 0.6) is 0 Å². The zero-order valence-electron chi connectivity index (χ0n) is 15.9. The summed E-state index contributed by atoms with van der Waals surface area (Å²) in [6.07, 6.45) is 3.37. The summed E-state index contributed by atoms with van der Waals surface area (Å²) >= 11 is 0. The van der Waals surface area contributed by atoms with Crippen LogP contribution >= 0.6 is 0 Å². The Balaban J connectivity index is 2.13. The largest absolute Gasteiger partial charge is 0.464 e. The Hall–Kier alpha value is -1.39. The number of benzene rings is 1. The normalized spacial score (nSPS) is 24.9. The molecule has 1 fully saturated rings. The summed E-state index contributed by atoms with van der Waals surface area (Å²) in [5.74, 6) is -0.475. The van der Waals surface area contributed by atoms with E-state index in [0.717, 1.165) is 38.0 Å². The Labute approximate surface area is 152 Å². The lowest BCUT2D eigenvalue weighted by atomic mass is 9.69. The number of carbonyl (C=O) groups excluding carboxylic acids is 1. The van der Waals surface area contributed by atoms with E-state index >= 15 is 0 Å². The molecular formula is C21H33NO3. The molecule has 1 N–H and O–H groups in total. The highest BCUT2D eigenvalue weighted by atomic mass is 16.5. The molecule has 0 saturated heterocycles. The van der Waals surface area contributed by atoms with Crippen LogP contribution in [0, 0.1) is 5.92 Å². The highest BCUT2D eigenvalue weighted by Crippen LogP contribution is 2.42. The number of esters is 1. The minimum atomic E-state index is -1.01. The van der Waals surface area contributed by atoms with Gasteiger partial charge in [-0.25, -0.2) is 0 Å². The van der Waals surface area contributed by atoms with Gasteiger partial charge in [-0.1, -0.05) is 63.9 Å². The molecular weight excluding hydrogens is 314 g/mol. The molecule has 0 bridgehead atoms. The van der Waals surface area contributed by atoms with Gasteiger partial charge in [-0.3, -0.25) is 4.79 Å². The molecule has 0 heterocycles. The molecule has 4 heteroatoms. The number of hydrogen-bond donors (Lipinski definition) is 1. The van der Waals surface area contributed by atoms with Gasteiger partial charge in [-0.2, -0.15) is 0 Å². The third-order valence-electron chi connectivity index (χ3n) is 5.46. The number of hydrogen-bond acceptors (Lipinski definition) is 4. The van der Waals surface area contributed by atoms with E-state index in [2.05, 4.69) is 25.7 Å². The van der Waals surface area contributed by atoms with Crippen molar-refractivity contribution >= 4 is 5.97 Å². The smallest absolute Gasteiger partial charge is 0.316 e. The maximum absolute atomic E-state index is 12.9. The molecule has 1 aliphatic rings. The molecule has 0 radical (unpaired) electrons. The van der Waals surface area contributed by atoms with Crippen LogP contribution in [0.25, 0.3) is 0 Å². The molecule has 1 aromatic carbocycles. The van der Waals surface area contributed by atoms with Crippen LogP contribution in [-0.4, -0.2) is 47.8 Å². The Morgan fingerprint density at radius 2 is 2.00 bits per heavy atom. The van der Waals surface area contributed by atoms with E-state index in [0.29, 0.717) is 25.4 Å². The average Bonchev–Trinajstić information content (AvgIpc) is 2.59. The maximum Gasteiger partial charge on any atom is 0.316 e. The lowest BCUT2D eigenvalue weighted by Crippen LogP contribution is -2.45.